The maximum Gasteiger partial charge on any atom is 0.104 e. The summed E-state index contributed by atoms with van der Waals surface area (Å²) in [4.78, 5) is 2.85. The number of benzene rings is 1. The molecule has 16 heavy (non-hydrogen) atoms. The fourth-order valence-electron chi connectivity index (χ4n) is 2.00. The average molecular weight is 234 g/mol. The lowest BCUT2D eigenvalue weighted by Gasteiger charge is -2.18. The number of hydrogen-bond acceptors (Lipinski definition) is 2. The highest BCUT2D eigenvalue weighted by Gasteiger charge is 2.22. The van der Waals surface area contributed by atoms with Gasteiger partial charge in [0.2, 0.25) is 0 Å². The quantitative estimate of drug-likeness (QED) is 0.792. The third-order valence-electron chi connectivity index (χ3n) is 2.99. The van der Waals surface area contributed by atoms with Crippen LogP contribution in [0.25, 0.3) is 0 Å². The topological polar surface area (TPSA) is 29.3 Å². The number of thiocarbonyl (C=S) groups is 1. The third kappa shape index (κ3) is 3.03. The van der Waals surface area contributed by atoms with E-state index < -0.39 is 0 Å². The molecule has 2 rings (SSSR count). The first-order chi connectivity index (χ1) is 7.66. The van der Waals surface area contributed by atoms with Crippen LogP contribution in [-0.2, 0) is 6.54 Å². The van der Waals surface area contributed by atoms with E-state index in [-0.39, 0.29) is 0 Å². The van der Waals surface area contributed by atoms with Crippen LogP contribution in [0, 0.1) is 5.92 Å². The zero-order chi connectivity index (χ0) is 11.5. The molecule has 0 aromatic heterocycles. The molecule has 1 saturated carbocycles. The Morgan fingerprint density at radius 1 is 1.44 bits per heavy atom. The molecule has 0 saturated heterocycles. The molecular weight excluding hydrogens is 216 g/mol. The molecule has 1 aromatic rings. The van der Waals surface area contributed by atoms with Gasteiger partial charge < -0.3 is 10.6 Å². The summed E-state index contributed by atoms with van der Waals surface area (Å²) in [6, 6.07) is 8.14. The summed E-state index contributed by atoms with van der Waals surface area (Å²) in [5.41, 5.74) is 7.97. The summed E-state index contributed by atoms with van der Waals surface area (Å²) >= 11 is 5.06. The Hall–Kier alpha value is -0.930. The van der Waals surface area contributed by atoms with Crippen LogP contribution in [0.1, 0.15) is 24.0 Å². The van der Waals surface area contributed by atoms with Crippen molar-refractivity contribution in [1.29, 1.82) is 0 Å². The van der Waals surface area contributed by atoms with Gasteiger partial charge in [0.15, 0.2) is 0 Å². The molecule has 3 heteroatoms. The fraction of sp³-hybridized carbons (Fsp3) is 0.462. The Morgan fingerprint density at radius 3 is 2.75 bits per heavy atom. The van der Waals surface area contributed by atoms with Crippen molar-refractivity contribution >= 4 is 17.2 Å². The first-order valence-corrected chi connectivity index (χ1v) is 6.14. The van der Waals surface area contributed by atoms with Gasteiger partial charge in [-0.1, -0.05) is 36.5 Å². The van der Waals surface area contributed by atoms with Crippen molar-refractivity contribution in [3.05, 3.63) is 35.4 Å². The molecule has 1 aliphatic carbocycles. The molecule has 0 spiro atoms. The van der Waals surface area contributed by atoms with Crippen LogP contribution in [0.5, 0.6) is 0 Å². The van der Waals surface area contributed by atoms with Crippen molar-refractivity contribution in [3.63, 3.8) is 0 Å². The van der Waals surface area contributed by atoms with Crippen molar-refractivity contribution < 1.29 is 0 Å². The normalized spacial score (nSPS) is 15.4. The van der Waals surface area contributed by atoms with Crippen LogP contribution < -0.4 is 5.73 Å². The van der Waals surface area contributed by atoms with Crippen molar-refractivity contribution in [1.82, 2.24) is 4.90 Å². The monoisotopic (exact) mass is 234 g/mol. The summed E-state index contributed by atoms with van der Waals surface area (Å²) < 4.78 is 0. The van der Waals surface area contributed by atoms with Crippen molar-refractivity contribution in [2.24, 2.45) is 11.7 Å². The van der Waals surface area contributed by atoms with Gasteiger partial charge in [-0.2, -0.15) is 0 Å². The molecule has 1 aromatic carbocycles. The fourth-order valence-corrected chi connectivity index (χ4v) is 2.19. The van der Waals surface area contributed by atoms with Gasteiger partial charge in [-0.25, -0.2) is 0 Å². The van der Waals surface area contributed by atoms with Crippen LogP contribution in [0.3, 0.4) is 0 Å². The van der Waals surface area contributed by atoms with E-state index in [4.69, 9.17) is 18.0 Å². The zero-order valence-electron chi connectivity index (χ0n) is 9.65. The predicted molar refractivity (Wildman–Crippen MR) is 71.4 cm³/mol. The molecule has 0 unspecified atom stereocenters. The van der Waals surface area contributed by atoms with Gasteiger partial charge >= 0.3 is 0 Å². The molecule has 1 aliphatic rings. The molecule has 0 amide bonds. The van der Waals surface area contributed by atoms with E-state index in [9.17, 15) is 0 Å². The average Bonchev–Trinajstić information content (AvgIpc) is 3.02. The Balaban J connectivity index is 2.04. The first-order valence-electron chi connectivity index (χ1n) is 5.73. The molecule has 0 atom stereocenters. The summed E-state index contributed by atoms with van der Waals surface area (Å²) in [7, 11) is 2.16. The highest BCUT2D eigenvalue weighted by Crippen LogP contribution is 2.29. The summed E-state index contributed by atoms with van der Waals surface area (Å²) in [6.07, 6.45) is 2.78. The maximum absolute atomic E-state index is 5.72. The predicted octanol–water partition coefficient (Wildman–Crippen LogP) is 2.16. The maximum atomic E-state index is 5.72. The van der Waals surface area contributed by atoms with Gasteiger partial charge in [0.1, 0.15) is 4.99 Å². The van der Waals surface area contributed by atoms with E-state index >= 15 is 0 Å². The standard InChI is InChI=1S/C13H18N2S/c1-15(8-10-6-7-10)9-11-4-2-3-5-12(11)13(14)16/h2-5,10H,6-9H2,1H3,(H2,14,16). The lowest BCUT2D eigenvalue weighted by atomic mass is 10.1. The molecule has 2 N–H and O–H groups in total. The van der Waals surface area contributed by atoms with E-state index in [2.05, 4.69) is 18.0 Å². The molecule has 0 bridgehead atoms. The second kappa shape index (κ2) is 4.93. The summed E-state index contributed by atoms with van der Waals surface area (Å²) in [6.45, 7) is 2.12. The van der Waals surface area contributed by atoms with Crippen LogP contribution in [0.4, 0.5) is 0 Å². The van der Waals surface area contributed by atoms with Crippen LogP contribution in [0.15, 0.2) is 24.3 Å². The van der Waals surface area contributed by atoms with Crippen LogP contribution in [0.2, 0.25) is 0 Å². The Morgan fingerprint density at radius 2 is 2.12 bits per heavy atom. The van der Waals surface area contributed by atoms with Crippen molar-refractivity contribution in [2.75, 3.05) is 13.6 Å². The van der Waals surface area contributed by atoms with Crippen molar-refractivity contribution in [2.45, 2.75) is 19.4 Å². The molecule has 0 heterocycles. The molecule has 1 fully saturated rings. The largest absolute Gasteiger partial charge is 0.389 e. The first kappa shape index (κ1) is 11.6. The molecule has 0 radical (unpaired) electrons. The Labute approximate surface area is 102 Å². The van der Waals surface area contributed by atoms with Crippen LogP contribution in [-0.4, -0.2) is 23.5 Å². The minimum Gasteiger partial charge on any atom is -0.389 e. The van der Waals surface area contributed by atoms with E-state index in [0.717, 1.165) is 18.0 Å². The van der Waals surface area contributed by atoms with E-state index in [1.165, 1.54) is 24.9 Å². The van der Waals surface area contributed by atoms with Gasteiger partial charge in [0.05, 0.1) is 0 Å². The summed E-state index contributed by atoms with van der Waals surface area (Å²) in [5, 5.41) is 0. The van der Waals surface area contributed by atoms with E-state index in [1.54, 1.807) is 0 Å². The third-order valence-corrected chi connectivity index (χ3v) is 3.21. The SMILES string of the molecule is CN(Cc1ccccc1C(N)=S)CC1CC1. The molecule has 86 valence electrons. The van der Waals surface area contributed by atoms with Gasteiger partial charge in [0, 0.05) is 18.7 Å². The molecule has 0 aliphatic heterocycles. The smallest absolute Gasteiger partial charge is 0.104 e. The second-order valence-electron chi connectivity index (χ2n) is 4.66. The van der Waals surface area contributed by atoms with Crippen molar-refractivity contribution in [3.8, 4) is 0 Å². The number of nitrogens with two attached hydrogens (primary N) is 1. The highest BCUT2D eigenvalue weighted by atomic mass is 32.1. The minimum absolute atomic E-state index is 0.496. The lowest BCUT2D eigenvalue weighted by Crippen LogP contribution is -2.22. The number of nitrogens with zero attached hydrogens (tertiary/aromatic N) is 1. The summed E-state index contributed by atoms with van der Waals surface area (Å²) in [5.74, 6) is 0.919. The lowest BCUT2D eigenvalue weighted by molar-refractivity contribution is 0.313. The van der Waals surface area contributed by atoms with Gasteiger partial charge in [-0.05, 0) is 31.4 Å². The van der Waals surface area contributed by atoms with Gasteiger partial charge in [-0.15, -0.1) is 0 Å². The minimum atomic E-state index is 0.496. The second-order valence-corrected chi connectivity index (χ2v) is 5.10. The number of rotatable bonds is 5. The number of hydrogen-bond donors (Lipinski definition) is 1. The van der Waals surface area contributed by atoms with E-state index in [0.29, 0.717) is 4.99 Å². The van der Waals surface area contributed by atoms with Crippen LogP contribution >= 0.6 is 12.2 Å². The Bertz CT molecular complexity index is 385. The molecular formula is C13H18N2S. The van der Waals surface area contributed by atoms with Gasteiger partial charge in [-0.3, -0.25) is 0 Å². The van der Waals surface area contributed by atoms with Gasteiger partial charge in [0.25, 0.3) is 0 Å². The zero-order valence-corrected chi connectivity index (χ0v) is 10.5. The molecule has 2 nitrogen and oxygen atoms in total. The van der Waals surface area contributed by atoms with E-state index in [1.807, 2.05) is 18.2 Å². The highest BCUT2D eigenvalue weighted by molar-refractivity contribution is 7.80. The Kier molecular flexibility index (Phi) is 3.56.